The highest BCUT2D eigenvalue weighted by Gasteiger charge is 2.38. The van der Waals surface area contributed by atoms with Gasteiger partial charge >= 0.3 is 0 Å². The van der Waals surface area contributed by atoms with E-state index in [2.05, 4.69) is 72.0 Å². The van der Waals surface area contributed by atoms with Crippen LogP contribution in [0.3, 0.4) is 0 Å². The molecule has 0 saturated carbocycles. The maximum Gasteiger partial charge on any atom is 0.268 e. The molecule has 4 rings (SSSR count). The molecule has 52 heavy (non-hydrogen) atoms. The molecule has 4 aromatic rings. The topological polar surface area (TPSA) is 79.9 Å². The number of hydrogen-bond donors (Lipinski definition) is 1. The second-order valence-electron chi connectivity index (χ2n) is 14.8. The summed E-state index contributed by atoms with van der Waals surface area (Å²) >= 11 is 0. The molecule has 8 heteroatoms. The third-order valence-electron chi connectivity index (χ3n) is 9.40. The average Bonchev–Trinajstić information content (AvgIpc) is 3.15. The SMILES string of the molecule is C[N+](C)(C)CCOP(=O)([O-])OC[C@@H](COCCCCCCCCCCCc1ccccc1)NC(c1ccccc1)(c1ccccc1)c1ccccc1. The molecule has 0 bridgehead atoms. The minimum Gasteiger partial charge on any atom is -0.756 e. The summed E-state index contributed by atoms with van der Waals surface area (Å²) in [4.78, 5) is 12.9. The lowest BCUT2D eigenvalue weighted by Gasteiger charge is -2.40. The maximum atomic E-state index is 12.9. The van der Waals surface area contributed by atoms with Gasteiger partial charge in [-0.15, -0.1) is 0 Å². The van der Waals surface area contributed by atoms with Crippen molar-refractivity contribution in [3.05, 3.63) is 144 Å². The lowest BCUT2D eigenvalue weighted by Crippen LogP contribution is -2.53. The van der Waals surface area contributed by atoms with Crippen LogP contribution in [0.4, 0.5) is 0 Å². The number of benzene rings is 4. The van der Waals surface area contributed by atoms with E-state index in [-0.39, 0.29) is 19.8 Å². The molecule has 1 unspecified atom stereocenters. The molecule has 0 fully saturated rings. The first kappa shape index (κ1) is 41.6. The summed E-state index contributed by atoms with van der Waals surface area (Å²) in [7, 11) is 1.41. The van der Waals surface area contributed by atoms with Gasteiger partial charge in [0.05, 0.1) is 45.9 Å². The van der Waals surface area contributed by atoms with Gasteiger partial charge in [0.2, 0.25) is 0 Å². The summed E-state index contributed by atoms with van der Waals surface area (Å²) in [5.74, 6) is 0. The lowest BCUT2D eigenvalue weighted by molar-refractivity contribution is -0.870. The average molecular weight is 729 g/mol. The molecule has 0 saturated heterocycles. The van der Waals surface area contributed by atoms with E-state index in [1.807, 2.05) is 75.7 Å². The molecule has 0 heterocycles. The third kappa shape index (κ3) is 14.7. The zero-order valence-electron chi connectivity index (χ0n) is 31.7. The molecule has 0 aliphatic heterocycles. The maximum absolute atomic E-state index is 12.9. The van der Waals surface area contributed by atoms with Gasteiger partial charge in [-0.2, -0.15) is 0 Å². The number of nitrogens with zero attached hydrogens (tertiary/aromatic N) is 1. The molecule has 7 nitrogen and oxygen atoms in total. The normalized spacial score (nSPS) is 13.8. The van der Waals surface area contributed by atoms with Gasteiger partial charge in [0.15, 0.2) is 0 Å². The van der Waals surface area contributed by atoms with Gasteiger partial charge < -0.3 is 23.2 Å². The summed E-state index contributed by atoms with van der Waals surface area (Å²) < 4.78 is 30.6. The van der Waals surface area contributed by atoms with Crippen LogP contribution < -0.4 is 10.2 Å². The van der Waals surface area contributed by atoms with Crippen LogP contribution in [0.5, 0.6) is 0 Å². The summed E-state index contributed by atoms with van der Waals surface area (Å²) in [6.45, 7) is 1.33. The van der Waals surface area contributed by atoms with Crippen LogP contribution in [0, 0.1) is 0 Å². The fourth-order valence-corrected chi connectivity index (χ4v) is 7.28. The van der Waals surface area contributed by atoms with Crippen LogP contribution in [0.25, 0.3) is 0 Å². The van der Waals surface area contributed by atoms with E-state index >= 15 is 0 Å². The fourth-order valence-electron chi connectivity index (χ4n) is 6.54. The van der Waals surface area contributed by atoms with E-state index in [1.165, 1.54) is 56.9 Å². The molecule has 4 aromatic carbocycles. The van der Waals surface area contributed by atoms with Crippen molar-refractivity contribution < 1.29 is 27.7 Å². The standard InChI is InChI=1S/C44H61N2O5P/c1-46(2,3)34-36-50-52(47,48)51-38-43(37-49-35-24-10-8-6-4-5-7-9-15-25-39-26-16-11-17-27-39)45-44(40-28-18-12-19-29-40,41-30-20-13-21-31-41)42-32-22-14-23-33-42/h11-14,16-23,26-33,43,45H,4-10,15,24-25,34-38H2,1-3H3/t43-/m1/s1. The van der Waals surface area contributed by atoms with E-state index in [0.717, 1.165) is 29.5 Å². The van der Waals surface area contributed by atoms with E-state index in [9.17, 15) is 9.46 Å². The van der Waals surface area contributed by atoms with Crippen molar-refractivity contribution in [3.8, 4) is 0 Å². The van der Waals surface area contributed by atoms with Gasteiger partial charge in [0.25, 0.3) is 7.82 Å². The summed E-state index contributed by atoms with van der Waals surface area (Å²) in [6.07, 6.45) is 12.1. The fraction of sp³-hybridized carbons (Fsp3) is 0.455. The number of nitrogens with one attached hydrogen (secondary N) is 1. The number of quaternary nitrogens is 1. The number of likely N-dealkylation sites (N-methyl/N-ethyl adjacent to an activating group) is 1. The number of hydrogen-bond acceptors (Lipinski definition) is 6. The Kier molecular flexibility index (Phi) is 17.7. The van der Waals surface area contributed by atoms with Crippen molar-refractivity contribution in [1.29, 1.82) is 0 Å². The highest BCUT2D eigenvalue weighted by atomic mass is 31.2. The van der Waals surface area contributed by atoms with Crippen molar-refractivity contribution >= 4 is 7.82 Å². The molecule has 282 valence electrons. The molecule has 0 spiro atoms. The van der Waals surface area contributed by atoms with Crippen LogP contribution >= 0.6 is 7.82 Å². The van der Waals surface area contributed by atoms with E-state index in [4.69, 9.17) is 13.8 Å². The number of phosphoric ester groups is 1. The van der Waals surface area contributed by atoms with Gasteiger partial charge in [-0.25, -0.2) is 0 Å². The van der Waals surface area contributed by atoms with Crippen molar-refractivity contribution in [2.45, 2.75) is 75.8 Å². The molecule has 2 atom stereocenters. The van der Waals surface area contributed by atoms with Crippen molar-refractivity contribution in [3.63, 3.8) is 0 Å². The Morgan fingerprint density at radius 1 is 0.596 bits per heavy atom. The number of rotatable bonds is 26. The van der Waals surface area contributed by atoms with Crippen LogP contribution in [0.2, 0.25) is 0 Å². The summed E-state index contributed by atoms with van der Waals surface area (Å²) in [5.41, 5.74) is 3.71. The molecular weight excluding hydrogens is 667 g/mol. The van der Waals surface area contributed by atoms with Crippen LogP contribution in [0.15, 0.2) is 121 Å². The quantitative estimate of drug-likeness (QED) is 0.0301. The lowest BCUT2D eigenvalue weighted by atomic mass is 9.76. The molecule has 1 N–H and O–H groups in total. The van der Waals surface area contributed by atoms with E-state index in [0.29, 0.717) is 17.6 Å². The molecule has 0 aliphatic rings. The smallest absolute Gasteiger partial charge is 0.268 e. The Balaban J connectivity index is 1.35. The largest absolute Gasteiger partial charge is 0.756 e. The predicted octanol–water partition coefficient (Wildman–Crippen LogP) is 8.91. The van der Waals surface area contributed by atoms with Gasteiger partial charge in [0, 0.05) is 6.61 Å². The van der Waals surface area contributed by atoms with Crippen LogP contribution in [-0.2, 0) is 30.3 Å². The minimum atomic E-state index is -4.55. The summed E-state index contributed by atoms with van der Waals surface area (Å²) in [6, 6.07) is 41.1. The second-order valence-corrected chi connectivity index (χ2v) is 16.2. The highest BCUT2D eigenvalue weighted by Crippen LogP contribution is 2.40. The Morgan fingerprint density at radius 3 is 1.52 bits per heavy atom. The van der Waals surface area contributed by atoms with Crippen LogP contribution in [0.1, 0.15) is 80.0 Å². The number of aryl methyl sites for hydroxylation is 1. The van der Waals surface area contributed by atoms with Crippen molar-refractivity contribution in [1.82, 2.24) is 5.32 Å². The Morgan fingerprint density at radius 2 is 1.04 bits per heavy atom. The Labute approximate surface area is 313 Å². The Hall–Kier alpha value is -3.13. The first-order chi connectivity index (χ1) is 25.2. The first-order valence-corrected chi connectivity index (χ1v) is 20.6. The molecule has 0 amide bonds. The zero-order chi connectivity index (χ0) is 37.0. The molecular formula is C44H61N2O5P. The van der Waals surface area contributed by atoms with Crippen LogP contribution in [-0.4, -0.2) is 64.6 Å². The van der Waals surface area contributed by atoms with Gasteiger partial charge in [-0.05, 0) is 41.5 Å². The predicted molar refractivity (Wildman–Crippen MR) is 211 cm³/mol. The van der Waals surface area contributed by atoms with Crippen molar-refractivity contribution in [2.24, 2.45) is 0 Å². The monoisotopic (exact) mass is 728 g/mol. The van der Waals surface area contributed by atoms with Gasteiger partial charge in [-0.3, -0.25) is 9.88 Å². The summed E-state index contributed by atoms with van der Waals surface area (Å²) in [5, 5.41) is 3.85. The molecule has 0 radical (unpaired) electrons. The number of ether oxygens (including phenoxy) is 1. The minimum absolute atomic E-state index is 0.0507. The second kappa shape index (κ2) is 22.2. The van der Waals surface area contributed by atoms with E-state index < -0.39 is 19.4 Å². The first-order valence-electron chi connectivity index (χ1n) is 19.1. The van der Waals surface area contributed by atoms with Gasteiger partial charge in [0.1, 0.15) is 13.2 Å². The highest BCUT2D eigenvalue weighted by molar-refractivity contribution is 7.45. The number of phosphoric acid groups is 1. The van der Waals surface area contributed by atoms with Gasteiger partial charge in [-0.1, -0.05) is 166 Å². The van der Waals surface area contributed by atoms with E-state index in [1.54, 1.807) is 0 Å². The van der Waals surface area contributed by atoms with Crippen molar-refractivity contribution in [2.75, 3.05) is 54.1 Å². The zero-order valence-corrected chi connectivity index (χ0v) is 32.6. The molecule has 0 aliphatic carbocycles. The number of unbranched alkanes of at least 4 members (excludes halogenated alkanes) is 8. The third-order valence-corrected chi connectivity index (χ3v) is 10.4. The Bertz CT molecular complexity index is 1450. The molecule has 0 aromatic heterocycles.